The van der Waals surface area contributed by atoms with Gasteiger partial charge in [0, 0.05) is 0 Å². The van der Waals surface area contributed by atoms with Crippen LogP contribution >= 0.6 is 0 Å². The molecule has 0 aliphatic heterocycles. The van der Waals surface area contributed by atoms with E-state index in [1.54, 1.807) is 38.6 Å². The summed E-state index contributed by atoms with van der Waals surface area (Å²) < 4.78 is 5.33. The van der Waals surface area contributed by atoms with Gasteiger partial charge in [0.1, 0.15) is 0 Å². The quantitative estimate of drug-likeness (QED) is 0.316. The van der Waals surface area contributed by atoms with Crippen LogP contribution in [0.25, 0.3) is 0 Å². The van der Waals surface area contributed by atoms with Crippen LogP contribution in [-0.2, 0) is 0 Å². The van der Waals surface area contributed by atoms with Crippen LogP contribution in [0.5, 0.6) is 0 Å². The van der Waals surface area contributed by atoms with E-state index in [9.17, 15) is 0 Å². The molecule has 0 nitrogen and oxygen atoms in total. The van der Waals surface area contributed by atoms with Crippen LogP contribution in [0.3, 0.4) is 0 Å². The van der Waals surface area contributed by atoms with Crippen molar-refractivity contribution < 1.29 is 31.5 Å². The minimum atomic E-state index is -1.66. The molecule has 0 fully saturated rings. The fourth-order valence-corrected chi connectivity index (χ4v) is 14.7. The molecule has 0 aromatic carbocycles. The summed E-state index contributed by atoms with van der Waals surface area (Å²) in [5.41, 5.74) is 14.4. The molecule has 0 radical (unpaired) electrons. The molecule has 0 saturated carbocycles. The molecule has 0 heterocycles. The summed E-state index contributed by atoms with van der Waals surface area (Å²) in [6, 6.07) is 0. The Hall–Kier alpha value is -0.313. The van der Waals surface area contributed by atoms with Crippen LogP contribution < -0.4 is 0 Å². The van der Waals surface area contributed by atoms with E-state index in [-0.39, 0.29) is 16.2 Å². The first kappa shape index (κ1) is 25.3. The average molecular weight is 573 g/mol. The SMILES string of the molecule is CC1=C(C)C(C)(C)[C]([Er]([C]2=C(C)C(C)=C(C)C2(C)C)[C]2=C(C)C(C)=C(C)C2(C)C)=C1C. The Kier molecular flexibility index (Phi) is 6.21. The van der Waals surface area contributed by atoms with Crippen molar-refractivity contribution in [2.24, 2.45) is 16.2 Å². The molecular formula is C30H45Er. The van der Waals surface area contributed by atoms with Crippen molar-refractivity contribution in [3.8, 4) is 0 Å². The molecule has 0 unspecified atom stereocenters. The molecule has 0 saturated heterocycles. The van der Waals surface area contributed by atoms with Gasteiger partial charge in [-0.15, -0.1) is 0 Å². The van der Waals surface area contributed by atoms with Gasteiger partial charge >= 0.3 is 207 Å². The van der Waals surface area contributed by atoms with Crippen molar-refractivity contribution in [1.29, 1.82) is 0 Å². The Labute approximate surface area is 205 Å². The second-order valence-corrected chi connectivity index (χ2v) is 15.7. The van der Waals surface area contributed by atoms with Crippen molar-refractivity contribution in [3.63, 3.8) is 0 Å². The van der Waals surface area contributed by atoms with E-state index in [2.05, 4.69) is 104 Å². The summed E-state index contributed by atoms with van der Waals surface area (Å²) in [5.74, 6) is 0. The first-order valence-corrected chi connectivity index (χ1v) is 14.5. The Balaban J connectivity index is 2.44. The second kappa shape index (κ2) is 7.60. The summed E-state index contributed by atoms with van der Waals surface area (Å²) in [6.45, 7) is 36.4. The Bertz CT molecular complexity index is 930. The molecule has 0 aromatic rings. The van der Waals surface area contributed by atoms with Crippen molar-refractivity contribution in [2.45, 2.75) is 104 Å². The standard InChI is InChI=1S/3C10H15.Er/c3*1-7-6-10(4,5)9(3)8(7)2;/h3*1-5H3;. The first-order valence-electron chi connectivity index (χ1n) is 11.7. The predicted molar refractivity (Wildman–Crippen MR) is 135 cm³/mol. The summed E-state index contributed by atoms with van der Waals surface area (Å²) in [4.78, 5) is 0. The Morgan fingerprint density at radius 2 is 0.548 bits per heavy atom. The first-order chi connectivity index (χ1) is 13.9. The van der Waals surface area contributed by atoms with Gasteiger partial charge in [0.05, 0.1) is 0 Å². The number of allylic oxidation sites excluding steroid dienone is 12. The van der Waals surface area contributed by atoms with Gasteiger partial charge in [-0.05, 0) is 0 Å². The number of hydrogen-bond donors (Lipinski definition) is 0. The van der Waals surface area contributed by atoms with E-state index in [0.29, 0.717) is 0 Å². The predicted octanol–water partition coefficient (Wildman–Crippen LogP) is 9.56. The van der Waals surface area contributed by atoms with Crippen molar-refractivity contribution in [1.82, 2.24) is 0 Å². The monoisotopic (exact) mass is 571 g/mol. The van der Waals surface area contributed by atoms with Gasteiger partial charge in [-0.3, -0.25) is 0 Å². The molecular weight excluding hydrogens is 528 g/mol. The maximum absolute atomic E-state index is 2.49. The van der Waals surface area contributed by atoms with Crippen LogP contribution in [0.1, 0.15) is 104 Å². The zero-order valence-corrected chi connectivity index (χ0v) is 24.6. The molecule has 0 bridgehead atoms. The second-order valence-electron chi connectivity index (χ2n) is 11.5. The van der Waals surface area contributed by atoms with Crippen LogP contribution in [0.4, 0.5) is 0 Å². The molecule has 3 aliphatic carbocycles. The van der Waals surface area contributed by atoms with Gasteiger partial charge in [-0.2, -0.15) is 0 Å². The molecule has 3 rings (SSSR count). The molecule has 0 aromatic heterocycles. The molecule has 0 spiro atoms. The Morgan fingerprint density at radius 1 is 0.355 bits per heavy atom. The van der Waals surface area contributed by atoms with Gasteiger partial charge < -0.3 is 0 Å². The molecule has 31 heavy (non-hydrogen) atoms. The van der Waals surface area contributed by atoms with Gasteiger partial charge in [0.2, 0.25) is 0 Å². The molecule has 177 valence electrons. The van der Waals surface area contributed by atoms with Crippen LogP contribution in [0.15, 0.2) is 55.4 Å². The van der Waals surface area contributed by atoms with Gasteiger partial charge in [0.25, 0.3) is 0 Å². The molecule has 0 amide bonds. The number of rotatable bonds is 3. The molecule has 3 aliphatic rings. The summed E-state index contributed by atoms with van der Waals surface area (Å²) in [6.07, 6.45) is 0. The molecule has 0 N–H and O–H groups in total. The van der Waals surface area contributed by atoms with Crippen molar-refractivity contribution >= 4 is 0 Å². The van der Waals surface area contributed by atoms with E-state index < -0.39 is 31.5 Å². The third-order valence-electron chi connectivity index (χ3n) is 8.99. The molecule has 0 atom stereocenters. The topological polar surface area (TPSA) is 0 Å². The summed E-state index contributed by atoms with van der Waals surface area (Å²) >= 11 is -1.66. The van der Waals surface area contributed by atoms with Crippen LogP contribution in [0.2, 0.25) is 0 Å². The third kappa shape index (κ3) is 3.25. The summed E-state index contributed by atoms with van der Waals surface area (Å²) in [7, 11) is 0. The zero-order chi connectivity index (χ0) is 24.0. The van der Waals surface area contributed by atoms with E-state index in [4.69, 9.17) is 0 Å². The van der Waals surface area contributed by atoms with Crippen molar-refractivity contribution in [2.75, 3.05) is 0 Å². The van der Waals surface area contributed by atoms with Crippen LogP contribution in [0, 0.1) is 47.8 Å². The van der Waals surface area contributed by atoms with E-state index in [1.165, 1.54) is 16.7 Å². The third-order valence-corrected chi connectivity index (χ3v) is 17.3. The van der Waals surface area contributed by atoms with Gasteiger partial charge in [-0.25, -0.2) is 0 Å². The summed E-state index contributed by atoms with van der Waals surface area (Å²) in [5, 5.41) is 0. The van der Waals surface area contributed by atoms with E-state index in [0.717, 1.165) is 0 Å². The maximum atomic E-state index is 2.49. The van der Waals surface area contributed by atoms with E-state index in [1.807, 2.05) is 0 Å². The fourth-order valence-electron chi connectivity index (χ4n) is 5.63. The number of hydrogen-bond acceptors (Lipinski definition) is 0. The average Bonchev–Trinajstić information content (AvgIpc) is 2.99. The fraction of sp³-hybridized carbons (Fsp3) is 0.600. The molecule has 1 heteroatoms. The van der Waals surface area contributed by atoms with Crippen molar-refractivity contribution in [3.05, 3.63) is 55.4 Å². The zero-order valence-electron chi connectivity index (χ0n) is 22.8. The van der Waals surface area contributed by atoms with E-state index >= 15 is 0 Å². The van der Waals surface area contributed by atoms with Crippen LogP contribution in [-0.4, -0.2) is 0 Å². The minimum absolute atomic E-state index is 0.132. The Morgan fingerprint density at radius 3 is 0.677 bits per heavy atom. The normalized spacial score (nSPS) is 25.8. The van der Waals surface area contributed by atoms with Gasteiger partial charge in [-0.1, -0.05) is 0 Å². The van der Waals surface area contributed by atoms with Gasteiger partial charge in [0.15, 0.2) is 0 Å².